The summed E-state index contributed by atoms with van der Waals surface area (Å²) in [4.78, 5) is -0.272. The number of rotatable bonds is 6. The van der Waals surface area contributed by atoms with E-state index < -0.39 is 41.4 Å². The number of nitrogens with two attached hydrogens (primary N) is 1. The minimum absolute atomic E-state index is 0.0717. The number of halogens is 1. The SMILES string of the molecule is CS(=O)(=O)CCS(=O)(=O)Nc1ccc(S(N)(=O)=O)cc1Cl. The maximum absolute atomic E-state index is 11.7. The van der Waals surface area contributed by atoms with E-state index >= 15 is 0 Å². The smallest absolute Gasteiger partial charge is 0.238 e. The molecular formula is C9H13ClN2O6S3. The Morgan fingerprint density at radius 2 is 1.67 bits per heavy atom. The Bertz CT molecular complexity index is 845. The van der Waals surface area contributed by atoms with Gasteiger partial charge in [-0.25, -0.2) is 30.4 Å². The van der Waals surface area contributed by atoms with Crippen LogP contribution in [0.5, 0.6) is 0 Å². The van der Waals surface area contributed by atoms with Crippen LogP contribution in [0.3, 0.4) is 0 Å². The quantitative estimate of drug-likeness (QED) is 0.702. The molecule has 0 amide bonds. The lowest BCUT2D eigenvalue weighted by Crippen LogP contribution is -2.22. The first-order chi connectivity index (χ1) is 9.30. The Hall–Kier alpha value is -0.880. The van der Waals surface area contributed by atoms with E-state index in [1.165, 1.54) is 0 Å². The van der Waals surface area contributed by atoms with Crippen LogP contribution in [0, 0.1) is 0 Å². The molecular weight excluding hydrogens is 364 g/mol. The fourth-order valence-corrected chi connectivity index (χ4v) is 4.83. The average Bonchev–Trinajstić information content (AvgIpc) is 2.27. The van der Waals surface area contributed by atoms with E-state index in [0.717, 1.165) is 24.5 Å². The molecule has 0 radical (unpaired) electrons. The summed E-state index contributed by atoms with van der Waals surface area (Å²) in [6.45, 7) is 0. The van der Waals surface area contributed by atoms with Crippen LogP contribution in [-0.2, 0) is 29.9 Å². The predicted molar refractivity (Wildman–Crippen MR) is 79.9 cm³/mol. The summed E-state index contributed by atoms with van der Waals surface area (Å²) in [6.07, 6.45) is 0.913. The number of hydrogen-bond acceptors (Lipinski definition) is 6. The lowest BCUT2D eigenvalue weighted by atomic mass is 10.3. The highest BCUT2D eigenvalue weighted by Gasteiger charge is 2.17. The van der Waals surface area contributed by atoms with Gasteiger partial charge in [-0.15, -0.1) is 0 Å². The van der Waals surface area contributed by atoms with Crippen LogP contribution in [0.2, 0.25) is 5.02 Å². The molecule has 12 heteroatoms. The van der Waals surface area contributed by atoms with Crippen molar-refractivity contribution in [2.45, 2.75) is 4.90 Å². The first kappa shape index (κ1) is 18.2. The molecule has 0 saturated heterocycles. The summed E-state index contributed by atoms with van der Waals surface area (Å²) < 4.78 is 69.6. The summed E-state index contributed by atoms with van der Waals surface area (Å²) in [6, 6.07) is 3.20. The lowest BCUT2D eigenvalue weighted by molar-refractivity contribution is 0.593. The number of benzene rings is 1. The van der Waals surface area contributed by atoms with E-state index in [1.54, 1.807) is 0 Å². The van der Waals surface area contributed by atoms with Crippen LogP contribution >= 0.6 is 11.6 Å². The van der Waals surface area contributed by atoms with Crippen molar-refractivity contribution in [2.24, 2.45) is 5.14 Å². The van der Waals surface area contributed by atoms with Crippen molar-refractivity contribution >= 4 is 47.2 Å². The Labute approximate surface area is 128 Å². The molecule has 0 aromatic heterocycles. The average molecular weight is 377 g/mol. The van der Waals surface area contributed by atoms with Crippen LogP contribution < -0.4 is 9.86 Å². The number of nitrogens with one attached hydrogen (secondary N) is 1. The van der Waals surface area contributed by atoms with Crippen molar-refractivity contribution in [3.8, 4) is 0 Å². The maximum Gasteiger partial charge on any atom is 0.238 e. The summed E-state index contributed by atoms with van der Waals surface area (Å²) >= 11 is 5.77. The predicted octanol–water partition coefficient (Wildman–Crippen LogP) is -0.226. The lowest BCUT2D eigenvalue weighted by Gasteiger charge is -2.10. The Morgan fingerprint density at radius 1 is 1.10 bits per heavy atom. The second-order valence-corrected chi connectivity index (χ2v) is 10.3. The van der Waals surface area contributed by atoms with Gasteiger partial charge < -0.3 is 0 Å². The third kappa shape index (κ3) is 6.18. The summed E-state index contributed by atoms with van der Waals surface area (Å²) in [7, 11) is -11.3. The number of sulfonamides is 2. The van der Waals surface area contributed by atoms with E-state index in [9.17, 15) is 25.3 Å². The minimum atomic E-state index is -3.96. The first-order valence-corrected chi connectivity index (χ1v) is 10.9. The molecule has 0 atom stereocenters. The number of primary sulfonamides is 1. The Balaban J connectivity index is 2.99. The van der Waals surface area contributed by atoms with E-state index in [2.05, 4.69) is 4.72 Å². The fourth-order valence-electron chi connectivity index (χ4n) is 1.24. The molecule has 120 valence electrons. The van der Waals surface area contributed by atoms with Gasteiger partial charge in [-0.3, -0.25) is 4.72 Å². The third-order valence-corrected chi connectivity index (χ3v) is 5.96. The van der Waals surface area contributed by atoms with Gasteiger partial charge >= 0.3 is 0 Å². The molecule has 0 saturated carbocycles. The number of anilines is 1. The highest BCUT2D eigenvalue weighted by molar-refractivity contribution is 7.95. The van der Waals surface area contributed by atoms with Crippen molar-refractivity contribution in [3.05, 3.63) is 23.2 Å². The molecule has 0 bridgehead atoms. The minimum Gasteiger partial charge on any atom is -0.282 e. The van der Waals surface area contributed by atoms with Crippen molar-refractivity contribution in [3.63, 3.8) is 0 Å². The normalized spacial score (nSPS) is 13.1. The molecule has 0 aliphatic rings. The van der Waals surface area contributed by atoms with Gasteiger partial charge in [0.2, 0.25) is 20.0 Å². The number of hydrogen-bond donors (Lipinski definition) is 2. The third-order valence-electron chi connectivity index (χ3n) is 2.26. The van der Waals surface area contributed by atoms with E-state index in [-0.39, 0.29) is 15.6 Å². The van der Waals surface area contributed by atoms with Crippen molar-refractivity contribution < 1.29 is 25.3 Å². The highest BCUT2D eigenvalue weighted by atomic mass is 35.5. The van der Waals surface area contributed by atoms with Gasteiger partial charge in [0.05, 0.1) is 27.1 Å². The zero-order valence-electron chi connectivity index (χ0n) is 10.8. The van der Waals surface area contributed by atoms with Gasteiger partial charge in [-0.1, -0.05) is 11.6 Å². The summed E-state index contributed by atoms with van der Waals surface area (Å²) in [5.74, 6) is -1.19. The van der Waals surface area contributed by atoms with Gasteiger partial charge in [0.15, 0.2) is 0 Å². The highest BCUT2D eigenvalue weighted by Crippen LogP contribution is 2.25. The molecule has 0 aliphatic heterocycles. The second kappa shape index (κ2) is 6.08. The standard InChI is InChI=1S/C9H13ClN2O6S3/c1-19(13,14)4-5-20(15,16)12-9-3-2-7(6-8(9)10)21(11,17)18/h2-3,6,12H,4-5H2,1H3,(H2,11,17,18). The zero-order chi connectivity index (χ0) is 16.5. The van der Waals surface area contributed by atoms with Crippen molar-refractivity contribution in [2.75, 3.05) is 22.5 Å². The van der Waals surface area contributed by atoms with Crippen LogP contribution in [0.15, 0.2) is 23.1 Å². The van der Waals surface area contributed by atoms with Crippen LogP contribution in [0.25, 0.3) is 0 Å². The molecule has 0 fully saturated rings. The molecule has 1 rings (SSSR count). The van der Waals surface area contributed by atoms with Crippen LogP contribution in [0.1, 0.15) is 0 Å². The second-order valence-electron chi connectivity index (χ2n) is 4.24. The molecule has 8 nitrogen and oxygen atoms in total. The largest absolute Gasteiger partial charge is 0.282 e. The maximum atomic E-state index is 11.7. The van der Waals surface area contributed by atoms with Gasteiger partial charge in [0.25, 0.3) is 0 Å². The molecule has 21 heavy (non-hydrogen) atoms. The van der Waals surface area contributed by atoms with Gasteiger partial charge in [-0.05, 0) is 18.2 Å². The van der Waals surface area contributed by atoms with Gasteiger partial charge in [-0.2, -0.15) is 0 Å². The van der Waals surface area contributed by atoms with Crippen molar-refractivity contribution in [1.29, 1.82) is 0 Å². The topological polar surface area (TPSA) is 140 Å². The Morgan fingerprint density at radius 3 is 2.10 bits per heavy atom. The first-order valence-electron chi connectivity index (χ1n) is 5.31. The number of sulfone groups is 1. The molecule has 0 heterocycles. The van der Waals surface area contributed by atoms with Crippen molar-refractivity contribution in [1.82, 2.24) is 0 Å². The van der Waals surface area contributed by atoms with Crippen LogP contribution in [0.4, 0.5) is 5.69 Å². The fraction of sp³-hybridized carbons (Fsp3) is 0.333. The van der Waals surface area contributed by atoms with E-state index in [4.69, 9.17) is 16.7 Å². The van der Waals surface area contributed by atoms with Gasteiger partial charge in [0, 0.05) is 6.26 Å². The Kier molecular flexibility index (Phi) is 5.26. The molecule has 0 spiro atoms. The van der Waals surface area contributed by atoms with E-state index in [1.807, 2.05) is 0 Å². The monoisotopic (exact) mass is 376 g/mol. The molecule has 0 unspecified atom stereocenters. The molecule has 0 aliphatic carbocycles. The van der Waals surface area contributed by atoms with E-state index in [0.29, 0.717) is 0 Å². The van der Waals surface area contributed by atoms with Gasteiger partial charge in [0.1, 0.15) is 9.84 Å². The van der Waals surface area contributed by atoms with Crippen LogP contribution in [-0.4, -0.2) is 43.0 Å². The summed E-state index contributed by atoms with van der Waals surface area (Å²) in [5.41, 5.74) is -0.0717. The summed E-state index contributed by atoms with van der Waals surface area (Å²) in [5, 5.41) is 4.73. The zero-order valence-corrected chi connectivity index (χ0v) is 14.0. The molecule has 1 aromatic rings. The molecule has 3 N–H and O–H groups in total. The molecule has 1 aromatic carbocycles.